The zero-order valence-corrected chi connectivity index (χ0v) is 15.5. The van der Waals surface area contributed by atoms with Crippen molar-refractivity contribution in [1.29, 1.82) is 5.41 Å². The zero-order chi connectivity index (χ0) is 18.2. The summed E-state index contributed by atoms with van der Waals surface area (Å²) in [5.74, 6) is 2.15. The van der Waals surface area contributed by atoms with Crippen LogP contribution in [0, 0.1) is 12.3 Å². The van der Waals surface area contributed by atoms with Crippen LogP contribution < -0.4 is 9.88 Å². The van der Waals surface area contributed by atoms with Crippen LogP contribution in [0.5, 0.6) is 0 Å². The Labute approximate surface area is 157 Å². The minimum Gasteiger partial charge on any atom is -0.366 e. The Morgan fingerprint density at radius 1 is 1.32 bits per heavy atom. The molecule has 2 aromatic rings. The number of nitrogens with one attached hydrogen (secondary N) is 2. The van der Waals surface area contributed by atoms with Crippen molar-refractivity contribution in [3.63, 3.8) is 0 Å². The first-order valence-electron chi connectivity index (χ1n) is 7.91. The molecule has 25 heavy (non-hydrogen) atoms. The molecule has 1 saturated heterocycles. The Morgan fingerprint density at radius 3 is 2.60 bits per heavy atom. The molecule has 0 bridgehead atoms. The minimum absolute atomic E-state index is 0.328. The number of benzene rings is 1. The highest BCUT2D eigenvalue weighted by Gasteiger charge is 2.52. The van der Waals surface area contributed by atoms with Gasteiger partial charge in [-0.25, -0.2) is 0 Å². The maximum absolute atomic E-state index is 11.1. The quantitative estimate of drug-likeness (QED) is 0.328. The molecule has 3 rings (SSSR count). The SMILES string of the molecule is Cc1ccc[n+]([C@@H]2[C@@H](c3ccc(Cl)cc3)C(=C=N)C(=S)N[C@]2(C)O)c1. The highest BCUT2D eigenvalue weighted by atomic mass is 35.5. The van der Waals surface area contributed by atoms with Crippen LogP contribution >= 0.6 is 23.8 Å². The molecule has 1 fully saturated rings. The molecule has 0 saturated carbocycles. The molecule has 1 aromatic heterocycles. The van der Waals surface area contributed by atoms with Gasteiger partial charge in [0, 0.05) is 16.7 Å². The van der Waals surface area contributed by atoms with Crippen LogP contribution in [0.2, 0.25) is 5.02 Å². The van der Waals surface area contributed by atoms with Crippen LogP contribution in [-0.2, 0) is 0 Å². The van der Waals surface area contributed by atoms with Crippen molar-refractivity contribution < 1.29 is 9.67 Å². The molecule has 2 heterocycles. The number of aliphatic hydroxyl groups is 1. The number of thiocarbonyl (C=S) groups is 1. The summed E-state index contributed by atoms with van der Waals surface area (Å²) in [7, 11) is 0. The molecule has 3 atom stereocenters. The lowest BCUT2D eigenvalue weighted by molar-refractivity contribution is -0.740. The normalized spacial score (nSPS) is 26.1. The Morgan fingerprint density at radius 2 is 2.00 bits per heavy atom. The first kappa shape index (κ1) is 17.8. The minimum atomic E-state index is -1.29. The van der Waals surface area contributed by atoms with E-state index in [-0.39, 0.29) is 5.92 Å². The molecule has 128 valence electrons. The van der Waals surface area contributed by atoms with Gasteiger partial charge in [-0.3, -0.25) is 5.41 Å². The predicted octanol–water partition coefficient (Wildman–Crippen LogP) is 3.07. The largest absolute Gasteiger partial charge is 0.366 e. The number of nitrogens with zero attached hydrogens (tertiary/aromatic N) is 1. The van der Waals surface area contributed by atoms with Gasteiger partial charge in [0.15, 0.2) is 18.1 Å². The summed E-state index contributed by atoms with van der Waals surface area (Å²) >= 11 is 11.4. The molecule has 1 aliphatic heterocycles. The first-order chi connectivity index (χ1) is 11.8. The van der Waals surface area contributed by atoms with Gasteiger partial charge in [0.1, 0.15) is 4.99 Å². The van der Waals surface area contributed by atoms with E-state index in [0.717, 1.165) is 11.1 Å². The maximum atomic E-state index is 11.1. The molecule has 1 aliphatic rings. The maximum Gasteiger partial charge on any atom is 0.216 e. The van der Waals surface area contributed by atoms with E-state index < -0.39 is 11.8 Å². The van der Waals surface area contributed by atoms with Gasteiger partial charge in [-0.05, 0) is 43.5 Å². The Balaban J connectivity index is 2.23. The van der Waals surface area contributed by atoms with E-state index in [1.165, 1.54) is 0 Å². The second-order valence-electron chi connectivity index (χ2n) is 6.44. The van der Waals surface area contributed by atoms with Gasteiger partial charge in [0.05, 0.1) is 11.5 Å². The molecule has 3 N–H and O–H groups in total. The van der Waals surface area contributed by atoms with Crippen LogP contribution in [0.4, 0.5) is 0 Å². The summed E-state index contributed by atoms with van der Waals surface area (Å²) in [4.78, 5) is 0.337. The lowest BCUT2D eigenvalue weighted by Crippen LogP contribution is -2.66. The molecule has 0 radical (unpaired) electrons. The summed E-state index contributed by atoms with van der Waals surface area (Å²) in [5, 5.41) is 22.4. The third-order valence-corrected chi connectivity index (χ3v) is 5.04. The van der Waals surface area contributed by atoms with E-state index in [0.29, 0.717) is 15.6 Å². The van der Waals surface area contributed by atoms with Crippen molar-refractivity contribution in [2.45, 2.75) is 31.5 Å². The average Bonchev–Trinajstić information content (AvgIpc) is 2.54. The summed E-state index contributed by atoms with van der Waals surface area (Å²) in [6.07, 6.45) is 3.88. The smallest absolute Gasteiger partial charge is 0.216 e. The Hall–Kier alpha value is -2.04. The number of piperidine rings is 1. The fourth-order valence-corrected chi connectivity index (χ4v) is 3.91. The summed E-state index contributed by atoms with van der Waals surface area (Å²) in [6, 6.07) is 10.9. The van der Waals surface area contributed by atoms with Gasteiger partial charge in [0.2, 0.25) is 6.04 Å². The third-order valence-electron chi connectivity index (χ3n) is 4.47. The molecule has 0 unspecified atom stereocenters. The molecule has 0 spiro atoms. The number of hydrogen-bond donors (Lipinski definition) is 3. The highest BCUT2D eigenvalue weighted by molar-refractivity contribution is 7.80. The lowest BCUT2D eigenvalue weighted by atomic mass is 9.77. The topological polar surface area (TPSA) is 60.0 Å². The van der Waals surface area contributed by atoms with Crippen LogP contribution in [0.1, 0.15) is 30.0 Å². The first-order valence-corrected chi connectivity index (χ1v) is 8.69. The monoisotopic (exact) mass is 372 g/mol. The highest BCUT2D eigenvalue weighted by Crippen LogP contribution is 2.41. The van der Waals surface area contributed by atoms with Gasteiger partial charge in [-0.1, -0.05) is 36.0 Å². The standard InChI is InChI=1S/C19H18ClN3OS/c1-12-4-3-9-23(11-12)17-16(13-5-7-14(20)8-6-13)15(10-21)18(25)22-19(17,2)24/h3-9,11,16-17,21,24H,1-2H3/p+1/t16-,17+,19+/m0/s1. The Bertz CT molecular complexity index is 872. The average molecular weight is 373 g/mol. The molecular formula is C19H19ClN3OS+. The van der Waals surface area contributed by atoms with Gasteiger partial charge >= 0.3 is 0 Å². The van der Waals surface area contributed by atoms with E-state index in [1.807, 2.05) is 48.1 Å². The van der Waals surface area contributed by atoms with Crippen molar-refractivity contribution in [3.05, 3.63) is 70.5 Å². The van der Waals surface area contributed by atoms with Crippen LogP contribution in [0.15, 0.2) is 54.4 Å². The van der Waals surface area contributed by atoms with Crippen molar-refractivity contribution in [3.8, 4) is 0 Å². The second kappa shape index (κ2) is 6.70. The molecule has 0 amide bonds. The van der Waals surface area contributed by atoms with Crippen LogP contribution in [0.3, 0.4) is 0 Å². The van der Waals surface area contributed by atoms with E-state index in [9.17, 15) is 5.11 Å². The van der Waals surface area contributed by atoms with Crippen molar-refractivity contribution in [2.24, 2.45) is 0 Å². The number of halogens is 1. The summed E-state index contributed by atoms with van der Waals surface area (Å²) in [6.45, 7) is 3.69. The second-order valence-corrected chi connectivity index (χ2v) is 7.29. The number of aromatic nitrogens is 1. The van der Waals surface area contributed by atoms with Crippen molar-refractivity contribution in [2.75, 3.05) is 0 Å². The number of hydrogen-bond acceptors (Lipinski definition) is 3. The molecular weight excluding hydrogens is 354 g/mol. The van der Waals surface area contributed by atoms with Crippen LogP contribution in [0.25, 0.3) is 0 Å². The van der Waals surface area contributed by atoms with Gasteiger partial charge in [-0.15, -0.1) is 0 Å². The van der Waals surface area contributed by atoms with Crippen LogP contribution in [-0.4, -0.2) is 21.7 Å². The molecule has 4 nitrogen and oxygen atoms in total. The summed E-state index contributed by atoms with van der Waals surface area (Å²) in [5.41, 5.74) is 1.24. The van der Waals surface area contributed by atoms with Gasteiger partial charge in [-0.2, -0.15) is 4.57 Å². The Kier molecular flexibility index (Phi) is 4.76. The fraction of sp³-hybridized carbons (Fsp3) is 0.263. The van der Waals surface area contributed by atoms with Gasteiger partial charge < -0.3 is 10.4 Å². The number of pyridine rings is 1. The van der Waals surface area contributed by atoms with Crippen molar-refractivity contribution in [1.82, 2.24) is 5.32 Å². The predicted molar refractivity (Wildman–Crippen MR) is 102 cm³/mol. The molecule has 1 aromatic carbocycles. The third kappa shape index (κ3) is 3.37. The number of aryl methyl sites for hydroxylation is 1. The van der Waals surface area contributed by atoms with E-state index in [2.05, 4.69) is 11.2 Å². The lowest BCUT2D eigenvalue weighted by Gasteiger charge is -2.40. The van der Waals surface area contributed by atoms with E-state index in [1.54, 1.807) is 19.1 Å². The summed E-state index contributed by atoms with van der Waals surface area (Å²) < 4.78 is 1.96. The molecule has 0 aliphatic carbocycles. The molecule has 6 heteroatoms. The fourth-order valence-electron chi connectivity index (χ4n) is 3.40. The van der Waals surface area contributed by atoms with E-state index in [4.69, 9.17) is 29.2 Å². The van der Waals surface area contributed by atoms with E-state index >= 15 is 0 Å². The number of rotatable bonds is 2. The van der Waals surface area contributed by atoms with Crippen molar-refractivity contribution >= 4 is 34.7 Å². The van der Waals surface area contributed by atoms with Gasteiger partial charge in [0.25, 0.3) is 0 Å². The zero-order valence-electron chi connectivity index (χ0n) is 14.0.